The monoisotopic (exact) mass is 465 g/mol. The van der Waals surface area contributed by atoms with Crippen LogP contribution in [-0.2, 0) is 25.8 Å². The van der Waals surface area contributed by atoms with Crippen molar-refractivity contribution in [2.45, 2.75) is 69.9 Å². The van der Waals surface area contributed by atoms with E-state index in [1.807, 2.05) is 24.3 Å². The molecule has 3 atom stereocenters. The van der Waals surface area contributed by atoms with E-state index in [4.69, 9.17) is 4.74 Å². The van der Waals surface area contributed by atoms with Gasteiger partial charge < -0.3 is 15.4 Å². The molecule has 2 fully saturated rings. The predicted octanol–water partition coefficient (Wildman–Crippen LogP) is 2.82. The molecule has 3 unspecified atom stereocenters. The summed E-state index contributed by atoms with van der Waals surface area (Å²) < 4.78 is 31.2. The van der Waals surface area contributed by atoms with Crippen molar-refractivity contribution in [3.05, 3.63) is 29.8 Å². The first-order chi connectivity index (χ1) is 15.3. The number of piperidine rings is 1. The van der Waals surface area contributed by atoms with E-state index in [2.05, 4.69) is 29.4 Å². The molecule has 0 bridgehead atoms. The summed E-state index contributed by atoms with van der Waals surface area (Å²) in [6.45, 7) is 7.35. The van der Waals surface area contributed by atoms with Crippen LogP contribution in [0.2, 0.25) is 0 Å². The van der Waals surface area contributed by atoms with Gasteiger partial charge in [-0.15, -0.1) is 0 Å². The summed E-state index contributed by atoms with van der Waals surface area (Å²) in [6, 6.07) is 7.93. The molecule has 0 saturated carbocycles. The maximum Gasteiger partial charge on any atom is 0.253 e. The van der Waals surface area contributed by atoms with Gasteiger partial charge in [-0.25, -0.2) is 8.42 Å². The Balaban J connectivity index is 1.73. The lowest BCUT2D eigenvalue weighted by molar-refractivity contribution is -0.124. The molecule has 0 radical (unpaired) electrons. The molecule has 0 spiro atoms. The van der Waals surface area contributed by atoms with Crippen molar-refractivity contribution in [3.63, 3.8) is 0 Å². The lowest BCUT2D eigenvalue weighted by Crippen LogP contribution is -2.52. The van der Waals surface area contributed by atoms with Gasteiger partial charge >= 0.3 is 0 Å². The Morgan fingerprint density at radius 2 is 2.03 bits per heavy atom. The Morgan fingerprint density at radius 3 is 2.66 bits per heavy atom. The summed E-state index contributed by atoms with van der Waals surface area (Å²) in [5.41, 5.74) is 1.84. The van der Waals surface area contributed by atoms with Crippen LogP contribution in [0.15, 0.2) is 24.3 Å². The van der Waals surface area contributed by atoms with Gasteiger partial charge in [-0.05, 0) is 88.7 Å². The van der Waals surface area contributed by atoms with Gasteiger partial charge in [-0.3, -0.25) is 9.69 Å². The highest BCUT2D eigenvalue weighted by molar-refractivity contribution is 7.91. The summed E-state index contributed by atoms with van der Waals surface area (Å²) in [5.74, 6) is 0.0561. The number of ether oxygens (including phenoxy) is 1. The number of carbonyl (C=O) groups excluding carboxylic acids is 1. The highest BCUT2D eigenvalue weighted by Gasteiger charge is 2.38. The second-order valence-corrected chi connectivity index (χ2v) is 11.4. The van der Waals surface area contributed by atoms with E-state index < -0.39 is 15.2 Å². The molecular weight excluding hydrogens is 426 g/mol. The van der Waals surface area contributed by atoms with Gasteiger partial charge in [0.1, 0.15) is 11.5 Å². The van der Waals surface area contributed by atoms with E-state index in [0.29, 0.717) is 6.61 Å². The minimum Gasteiger partial charge on any atom is -0.368 e. The van der Waals surface area contributed by atoms with Gasteiger partial charge in [0.15, 0.2) is 9.84 Å². The Morgan fingerprint density at radius 1 is 1.28 bits per heavy atom. The van der Waals surface area contributed by atoms with Crippen LogP contribution in [0, 0.1) is 5.92 Å². The Kier molecular flexibility index (Phi) is 9.11. The summed E-state index contributed by atoms with van der Waals surface area (Å²) in [5, 5.41) is 5.86. The molecule has 8 heteroatoms. The van der Waals surface area contributed by atoms with Crippen LogP contribution in [0.3, 0.4) is 0 Å². The highest BCUT2D eigenvalue weighted by Crippen LogP contribution is 2.28. The summed E-state index contributed by atoms with van der Waals surface area (Å²) in [6.07, 6.45) is 6.10. The van der Waals surface area contributed by atoms with E-state index in [1.54, 1.807) is 0 Å². The molecule has 2 heterocycles. The number of sulfone groups is 1. The van der Waals surface area contributed by atoms with E-state index in [1.165, 1.54) is 6.26 Å². The van der Waals surface area contributed by atoms with Gasteiger partial charge in [0.25, 0.3) is 5.91 Å². The van der Waals surface area contributed by atoms with Crippen LogP contribution in [0.4, 0.5) is 5.69 Å². The van der Waals surface area contributed by atoms with Gasteiger partial charge in [-0.1, -0.05) is 19.1 Å². The first kappa shape index (κ1) is 25.1. The van der Waals surface area contributed by atoms with Crippen LogP contribution in [0.1, 0.15) is 51.5 Å². The van der Waals surface area contributed by atoms with Crippen LogP contribution in [-0.4, -0.2) is 69.2 Å². The summed E-state index contributed by atoms with van der Waals surface area (Å²) in [4.78, 5) is 14.6. The molecule has 1 aromatic carbocycles. The van der Waals surface area contributed by atoms with Crippen LogP contribution >= 0.6 is 0 Å². The summed E-state index contributed by atoms with van der Waals surface area (Å²) >= 11 is 0. The lowest BCUT2D eigenvalue weighted by atomic mass is 9.95. The number of anilines is 1. The normalized spacial score (nSPS) is 22.1. The molecule has 32 heavy (non-hydrogen) atoms. The highest BCUT2D eigenvalue weighted by atomic mass is 32.2. The zero-order valence-electron chi connectivity index (χ0n) is 19.7. The fourth-order valence-corrected chi connectivity index (χ4v) is 6.87. The van der Waals surface area contributed by atoms with Crippen molar-refractivity contribution in [2.75, 3.05) is 37.8 Å². The maximum absolute atomic E-state index is 12.9. The van der Waals surface area contributed by atoms with Crippen LogP contribution in [0.25, 0.3) is 0 Å². The lowest BCUT2D eigenvalue weighted by Gasteiger charge is -2.41. The fourth-order valence-electron chi connectivity index (χ4n) is 5.09. The number of hydrogen-bond donors (Lipinski definition) is 2. The van der Waals surface area contributed by atoms with Crippen molar-refractivity contribution in [1.29, 1.82) is 0 Å². The molecule has 7 nitrogen and oxygen atoms in total. The number of nitrogens with zero attached hydrogens (tertiary/aromatic N) is 1. The maximum atomic E-state index is 12.9. The van der Waals surface area contributed by atoms with E-state index in [0.717, 1.165) is 69.4 Å². The van der Waals surface area contributed by atoms with Crippen molar-refractivity contribution >= 4 is 21.4 Å². The molecule has 2 aliphatic rings. The van der Waals surface area contributed by atoms with E-state index >= 15 is 0 Å². The third kappa shape index (κ3) is 6.76. The van der Waals surface area contributed by atoms with Gasteiger partial charge in [0.2, 0.25) is 0 Å². The molecule has 0 aromatic heterocycles. The average molecular weight is 466 g/mol. The van der Waals surface area contributed by atoms with Gasteiger partial charge in [-0.2, -0.15) is 0 Å². The zero-order valence-corrected chi connectivity index (χ0v) is 20.5. The number of hydrogen-bond acceptors (Lipinski definition) is 6. The molecule has 2 N–H and O–H groups in total. The number of benzene rings is 1. The molecule has 1 amide bonds. The van der Waals surface area contributed by atoms with Crippen molar-refractivity contribution < 1.29 is 17.9 Å². The van der Waals surface area contributed by atoms with Crippen LogP contribution < -0.4 is 10.6 Å². The molecular formula is C24H39N3O4S. The SMILES string of the molecule is CCCN(C(C)Cc1cccc(NC(=O)C2CCCO2)c1)C(C1CCNCC1)S(C)(=O)=O. The minimum atomic E-state index is -3.23. The second-order valence-electron chi connectivity index (χ2n) is 9.29. The molecule has 2 aliphatic heterocycles. The molecule has 180 valence electrons. The first-order valence-electron chi connectivity index (χ1n) is 12.0. The second kappa shape index (κ2) is 11.6. The number of rotatable bonds is 10. The Labute approximate surface area is 193 Å². The average Bonchev–Trinajstić information content (AvgIpc) is 3.29. The van der Waals surface area contributed by atoms with Crippen molar-refractivity contribution in [3.8, 4) is 0 Å². The largest absolute Gasteiger partial charge is 0.368 e. The van der Waals surface area contributed by atoms with Gasteiger partial charge in [0, 0.05) is 24.6 Å². The van der Waals surface area contributed by atoms with Gasteiger partial charge in [0.05, 0.1) is 0 Å². The fraction of sp³-hybridized carbons (Fsp3) is 0.708. The third-order valence-electron chi connectivity index (χ3n) is 6.55. The smallest absolute Gasteiger partial charge is 0.253 e. The van der Waals surface area contributed by atoms with Crippen LogP contribution in [0.5, 0.6) is 0 Å². The van der Waals surface area contributed by atoms with E-state index in [-0.39, 0.29) is 24.0 Å². The topological polar surface area (TPSA) is 87.7 Å². The molecule has 1 aromatic rings. The molecule has 2 saturated heterocycles. The predicted molar refractivity (Wildman–Crippen MR) is 128 cm³/mol. The number of nitrogens with one attached hydrogen (secondary N) is 2. The zero-order chi connectivity index (χ0) is 23.1. The number of amides is 1. The Bertz CT molecular complexity index is 849. The standard InChI is InChI=1S/C24H39N3O4S/c1-4-14-27(24(32(3,29)30)20-10-12-25-13-11-20)18(2)16-19-7-5-8-21(17-19)26-23(28)22-9-6-15-31-22/h5,7-8,17-18,20,22,24-25H,4,6,9-16H2,1-3H3,(H,26,28). The quantitative estimate of drug-likeness (QED) is 0.553. The Hall–Kier alpha value is -1.48. The third-order valence-corrected chi connectivity index (χ3v) is 8.08. The van der Waals surface area contributed by atoms with Crippen molar-refractivity contribution in [1.82, 2.24) is 10.2 Å². The van der Waals surface area contributed by atoms with Crippen molar-refractivity contribution in [2.24, 2.45) is 5.92 Å². The molecule has 0 aliphatic carbocycles. The minimum absolute atomic E-state index is 0.0636. The number of carbonyl (C=O) groups is 1. The van der Waals surface area contributed by atoms with E-state index in [9.17, 15) is 13.2 Å². The molecule has 3 rings (SSSR count). The first-order valence-corrected chi connectivity index (χ1v) is 13.9. The summed E-state index contributed by atoms with van der Waals surface area (Å²) in [7, 11) is -3.23.